The molecular weight excluding hydrogens is 464 g/mol. The molecule has 1 saturated heterocycles. The van der Waals surface area contributed by atoms with Crippen LogP contribution >= 0.6 is 0 Å². The number of allylic oxidation sites excluding steroid dienone is 4. The maximum atomic E-state index is 14.4. The molecule has 0 bridgehead atoms. The van der Waals surface area contributed by atoms with E-state index in [1.807, 2.05) is 30.5 Å². The number of nitrogens with zero attached hydrogens (tertiary/aromatic N) is 2. The first-order valence-corrected chi connectivity index (χ1v) is 12.5. The second-order valence-electron chi connectivity index (χ2n) is 9.06. The van der Waals surface area contributed by atoms with Crippen LogP contribution in [-0.2, 0) is 9.47 Å². The summed E-state index contributed by atoms with van der Waals surface area (Å²) in [5.41, 5.74) is 3.18. The molecule has 0 unspecified atom stereocenters. The number of fused-ring (bicyclic) bond motifs is 2. The van der Waals surface area contributed by atoms with Gasteiger partial charge >= 0.3 is 0 Å². The number of methoxy groups -OCH3 is 1. The van der Waals surface area contributed by atoms with E-state index in [1.54, 1.807) is 7.11 Å². The van der Waals surface area contributed by atoms with E-state index in [0.29, 0.717) is 37.1 Å². The van der Waals surface area contributed by atoms with Crippen LogP contribution in [0.2, 0.25) is 0 Å². The number of ether oxygens (including phenoxy) is 3. The van der Waals surface area contributed by atoms with Crippen molar-refractivity contribution >= 4 is 16.6 Å². The van der Waals surface area contributed by atoms with Crippen LogP contribution in [0, 0.1) is 5.82 Å². The van der Waals surface area contributed by atoms with Gasteiger partial charge in [0.15, 0.2) is 0 Å². The molecule has 0 spiro atoms. The number of hydrogen-bond donors (Lipinski definition) is 1. The fourth-order valence-electron chi connectivity index (χ4n) is 4.63. The summed E-state index contributed by atoms with van der Waals surface area (Å²) in [5.74, 6) is 0.610. The lowest BCUT2D eigenvalue weighted by molar-refractivity contribution is 0.0740. The summed E-state index contributed by atoms with van der Waals surface area (Å²) in [7, 11) is 1.65. The van der Waals surface area contributed by atoms with Gasteiger partial charge in [-0.3, -0.25) is 0 Å². The molecule has 1 aromatic carbocycles. The highest BCUT2D eigenvalue weighted by molar-refractivity contribution is 5.86. The Morgan fingerprint density at radius 1 is 1.17 bits per heavy atom. The van der Waals surface area contributed by atoms with Crippen molar-refractivity contribution in [1.82, 2.24) is 15.2 Å². The Hall–Kier alpha value is -3.23. The zero-order valence-corrected chi connectivity index (χ0v) is 20.4. The molecule has 2 atom stereocenters. The number of rotatable bonds is 7. The van der Waals surface area contributed by atoms with Crippen molar-refractivity contribution in [1.29, 1.82) is 0 Å². The highest BCUT2D eigenvalue weighted by atomic mass is 19.1. The standard InChI is InChI=1S/C28H31F2N3O3/c1-34-13-14-35-22-10-12-33-21(17-22)5-3-2-4-6-25(33)24-8-7-19-15-20(29)16-27(28(19)32-24)36-26-9-11-31-18-23(26)30/h5-8,10,12,15-17,23,26,31H,2-4,9,11,13-14,18H2,1H3/b21-5+,25-6-/t23-,26+/m1/s1. The predicted octanol–water partition coefficient (Wildman–Crippen LogP) is 5.24. The Bertz CT molecular complexity index is 1220. The van der Waals surface area contributed by atoms with Crippen molar-refractivity contribution in [2.45, 2.75) is 38.0 Å². The second-order valence-corrected chi connectivity index (χ2v) is 9.06. The topological polar surface area (TPSA) is 55.9 Å². The summed E-state index contributed by atoms with van der Waals surface area (Å²) in [5, 5.41) is 3.63. The number of hydrogen-bond acceptors (Lipinski definition) is 6. The van der Waals surface area contributed by atoms with E-state index >= 15 is 0 Å². The zero-order chi connectivity index (χ0) is 24.9. The number of halogens is 2. The summed E-state index contributed by atoms with van der Waals surface area (Å²) in [6, 6.07) is 6.47. The van der Waals surface area contributed by atoms with Gasteiger partial charge in [-0.05, 0) is 50.4 Å². The number of alkyl halides is 1. The van der Waals surface area contributed by atoms with Crippen LogP contribution in [0.5, 0.6) is 5.75 Å². The first-order valence-electron chi connectivity index (χ1n) is 12.5. The second kappa shape index (κ2) is 11.2. The summed E-state index contributed by atoms with van der Waals surface area (Å²) in [6.45, 7) is 1.88. The molecule has 3 aliphatic rings. The molecule has 0 radical (unpaired) electrons. The van der Waals surface area contributed by atoms with Gasteiger partial charge in [0.2, 0.25) is 0 Å². The van der Waals surface area contributed by atoms with E-state index in [1.165, 1.54) is 12.1 Å². The largest absolute Gasteiger partial charge is 0.491 e. The summed E-state index contributed by atoms with van der Waals surface area (Å²) >= 11 is 0. The van der Waals surface area contributed by atoms with Crippen molar-refractivity contribution < 1.29 is 23.0 Å². The van der Waals surface area contributed by atoms with Crippen molar-refractivity contribution in [2.75, 3.05) is 33.4 Å². The Kier molecular flexibility index (Phi) is 7.63. The maximum absolute atomic E-state index is 14.4. The first kappa shape index (κ1) is 24.5. The van der Waals surface area contributed by atoms with Gasteiger partial charge in [0.05, 0.1) is 18.0 Å². The number of benzene rings is 1. The van der Waals surface area contributed by atoms with E-state index in [-0.39, 0.29) is 12.3 Å². The average molecular weight is 496 g/mol. The van der Waals surface area contributed by atoms with E-state index in [0.717, 1.165) is 42.1 Å². The number of pyridine rings is 1. The highest BCUT2D eigenvalue weighted by Gasteiger charge is 2.27. The number of piperidine rings is 1. The fourth-order valence-corrected chi connectivity index (χ4v) is 4.63. The minimum Gasteiger partial charge on any atom is -0.491 e. The monoisotopic (exact) mass is 495 g/mol. The lowest BCUT2D eigenvalue weighted by Crippen LogP contribution is -2.44. The fraction of sp³-hybridized carbons (Fsp3) is 0.393. The van der Waals surface area contributed by atoms with Crippen LogP contribution in [0.25, 0.3) is 16.6 Å². The molecule has 190 valence electrons. The molecule has 1 fully saturated rings. The third-order valence-electron chi connectivity index (χ3n) is 6.48. The lowest BCUT2D eigenvalue weighted by Gasteiger charge is -2.30. The third-order valence-corrected chi connectivity index (χ3v) is 6.48. The first-order chi connectivity index (χ1) is 17.6. The minimum atomic E-state index is -1.16. The van der Waals surface area contributed by atoms with Gasteiger partial charge in [-0.25, -0.2) is 13.8 Å². The van der Waals surface area contributed by atoms with Crippen LogP contribution in [0.4, 0.5) is 8.78 Å². The van der Waals surface area contributed by atoms with Gasteiger partial charge < -0.3 is 24.4 Å². The Morgan fingerprint density at radius 2 is 2.06 bits per heavy atom. The Morgan fingerprint density at radius 3 is 2.92 bits per heavy atom. The molecule has 3 aliphatic heterocycles. The van der Waals surface area contributed by atoms with Gasteiger partial charge in [-0.2, -0.15) is 0 Å². The molecule has 1 N–H and O–H groups in total. The number of nitrogens with one attached hydrogen (secondary N) is 1. The summed E-state index contributed by atoms with van der Waals surface area (Å²) in [6.07, 6.45) is 11.9. The molecule has 1 aromatic heterocycles. The zero-order valence-electron chi connectivity index (χ0n) is 20.4. The highest BCUT2D eigenvalue weighted by Crippen LogP contribution is 2.34. The maximum Gasteiger partial charge on any atom is 0.149 e. The summed E-state index contributed by atoms with van der Waals surface area (Å²) in [4.78, 5) is 6.99. The molecule has 0 saturated carbocycles. The summed E-state index contributed by atoms with van der Waals surface area (Å²) < 4.78 is 45.7. The van der Waals surface area contributed by atoms with Crippen LogP contribution in [0.15, 0.2) is 66.2 Å². The van der Waals surface area contributed by atoms with Crippen molar-refractivity contribution in [3.63, 3.8) is 0 Å². The SMILES string of the molecule is COCCOC1=C/C2=C\CCC/C=C(/c3ccc4cc(F)cc(O[C@H]5CCNC[C@H]5F)c4n3)N2C=C1. The molecule has 5 rings (SSSR count). The van der Waals surface area contributed by atoms with Crippen LogP contribution < -0.4 is 10.1 Å². The van der Waals surface area contributed by atoms with E-state index in [4.69, 9.17) is 19.2 Å². The molecule has 0 aliphatic carbocycles. The average Bonchev–Trinajstić information content (AvgIpc) is 2.86. The Labute approximate surface area is 209 Å². The predicted molar refractivity (Wildman–Crippen MR) is 135 cm³/mol. The molecule has 8 heteroatoms. The van der Waals surface area contributed by atoms with Gasteiger partial charge in [0, 0.05) is 43.1 Å². The van der Waals surface area contributed by atoms with Crippen LogP contribution in [-0.4, -0.2) is 55.6 Å². The van der Waals surface area contributed by atoms with Gasteiger partial charge in [-0.15, -0.1) is 0 Å². The van der Waals surface area contributed by atoms with E-state index in [9.17, 15) is 8.78 Å². The molecule has 2 aromatic rings. The van der Waals surface area contributed by atoms with Crippen LogP contribution in [0.3, 0.4) is 0 Å². The molecule has 36 heavy (non-hydrogen) atoms. The smallest absolute Gasteiger partial charge is 0.149 e. The van der Waals surface area contributed by atoms with Crippen molar-refractivity contribution in [2.24, 2.45) is 0 Å². The minimum absolute atomic E-state index is 0.227. The normalized spacial score (nSPS) is 25.1. The molecular formula is C28H31F2N3O3. The molecule has 4 heterocycles. The van der Waals surface area contributed by atoms with Crippen LogP contribution in [0.1, 0.15) is 31.4 Å². The van der Waals surface area contributed by atoms with E-state index in [2.05, 4.69) is 22.4 Å². The van der Waals surface area contributed by atoms with Crippen molar-refractivity contribution in [3.05, 3.63) is 77.7 Å². The van der Waals surface area contributed by atoms with Gasteiger partial charge in [-0.1, -0.05) is 18.2 Å². The Balaban J connectivity index is 1.47. The lowest BCUT2D eigenvalue weighted by atomic mass is 10.0. The molecule has 0 amide bonds. The van der Waals surface area contributed by atoms with Gasteiger partial charge in [0.1, 0.15) is 41.7 Å². The molecule has 6 nitrogen and oxygen atoms in total. The van der Waals surface area contributed by atoms with Gasteiger partial charge in [0.25, 0.3) is 0 Å². The van der Waals surface area contributed by atoms with E-state index < -0.39 is 18.1 Å². The third kappa shape index (κ3) is 5.44. The quantitative estimate of drug-likeness (QED) is 0.531. The van der Waals surface area contributed by atoms with Crippen molar-refractivity contribution in [3.8, 4) is 5.75 Å². The number of aromatic nitrogens is 1.